The van der Waals surface area contributed by atoms with E-state index in [9.17, 15) is 14.4 Å². The highest BCUT2D eigenvalue weighted by atomic mass is 16.2. The molecule has 1 heterocycles. The summed E-state index contributed by atoms with van der Waals surface area (Å²) < 4.78 is 0. The Morgan fingerprint density at radius 1 is 1.08 bits per heavy atom. The van der Waals surface area contributed by atoms with Crippen LogP contribution in [0.1, 0.15) is 21.5 Å². The van der Waals surface area contributed by atoms with Gasteiger partial charge in [0.1, 0.15) is 6.04 Å². The van der Waals surface area contributed by atoms with Crippen molar-refractivity contribution in [3.63, 3.8) is 0 Å². The van der Waals surface area contributed by atoms with Crippen LogP contribution in [0.2, 0.25) is 0 Å². The molecule has 1 unspecified atom stereocenters. The lowest BCUT2D eigenvalue weighted by Crippen LogP contribution is -2.46. The number of carbonyl (C=O) groups excluding carboxylic acids is 3. The Morgan fingerprint density at radius 2 is 1.75 bits per heavy atom. The van der Waals surface area contributed by atoms with Crippen molar-refractivity contribution < 1.29 is 14.4 Å². The number of nitrogens with one attached hydrogen (secondary N) is 2. The number of benzene rings is 2. The molecule has 1 fully saturated rings. The van der Waals surface area contributed by atoms with Crippen LogP contribution in [-0.4, -0.2) is 28.9 Å². The summed E-state index contributed by atoms with van der Waals surface area (Å²) >= 11 is 0. The smallest absolute Gasteiger partial charge is 0.324 e. The van der Waals surface area contributed by atoms with Crippen LogP contribution in [0.5, 0.6) is 0 Å². The van der Waals surface area contributed by atoms with E-state index in [4.69, 9.17) is 0 Å². The molecular formula is C18H17N3O3. The SMILES string of the molecule is Cc1ccc(C(=O)NN2C(=O)NC(Cc3ccccc3)C2=O)cc1. The van der Waals surface area contributed by atoms with E-state index in [1.165, 1.54) is 0 Å². The second-order valence-electron chi connectivity index (χ2n) is 5.67. The molecule has 1 aliphatic rings. The zero-order chi connectivity index (χ0) is 17.1. The third kappa shape index (κ3) is 3.27. The Bertz CT molecular complexity index is 772. The van der Waals surface area contributed by atoms with Crippen LogP contribution in [0.15, 0.2) is 54.6 Å². The van der Waals surface area contributed by atoms with Crippen LogP contribution in [0.4, 0.5) is 4.79 Å². The number of aryl methyl sites for hydroxylation is 1. The van der Waals surface area contributed by atoms with Gasteiger partial charge in [-0.05, 0) is 24.6 Å². The molecule has 1 atom stereocenters. The fourth-order valence-corrected chi connectivity index (χ4v) is 2.50. The van der Waals surface area contributed by atoms with E-state index >= 15 is 0 Å². The van der Waals surface area contributed by atoms with Gasteiger partial charge in [-0.25, -0.2) is 4.79 Å². The summed E-state index contributed by atoms with van der Waals surface area (Å²) in [5, 5.41) is 3.34. The normalized spacial score (nSPS) is 16.9. The fraction of sp³-hybridized carbons (Fsp3) is 0.167. The molecule has 1 saturated heterocycles. The number of imide groups is 1. The van der Waals surface area contributed by atoms with Gasteiger partial charge in [-0.2, -0.15) is 5.01 Å². The lowest BCUT2D eigenvalue weighted by molar-refractivity contribution is -0.129. The first-order valence-corrected chi connectivity index (χ1v) is 7.60. The van der Waals surface area contributed by atoms with E-state index in [-0.39, 0.29) is 0 Å². The molecule has 0 radical (unpaired) electrons. The van der Waals surface area contributed by atoms with Gasteiger partial charge in [0.05, 0.1) is 0 Å². The van der Waals surface area contributed by atoms with Gasteiger partial charge in [0.15, 0.2) is 0 Å². The van der Waals surface area contributed by atoms with Crippen molar-refractivity contribution in [1.29, 1.82) is 0 Å². The third-order valence-electron chi connectivity index (χ3n) is 3.83. The minimum Gasteiger partial charge on any atom is -0.324 e. The number of hydrogen-bond donors (Lipinski definition) is 2. The van der Waals surface area contributed by atoms with E-state index in [2.05, 4.69) is 10.7 Å². The van der Waals surface area contributed by atoms with Gasteiger partial charge in [0.25, 0.3) is 11.8 Å². The molecule has 6 nitrogen and oxygen atoms in total. The van der Waals surface area contributed by atoms with Gasteiger partial charge in [0, 0.05) is 12.0 Å². The summed E-state index contributed by atoms with van der Waals surface area (Å²) in [4.78, 5) is 36.5. The fourth-order valence-electron chi connectivity index (χ4n) is 2.50. The van der Waals surface area contributed by atoms with Crippen molar-refractivity contribution in [1.82, 2.24) is 15.8 Å². The highest BCUT2D eigenvalue weighted by molar-refractivity contribution is 6.07. The van der Waals surface area contributed by atoms with Gasteiger partial charge in [0.2, 0.25) is 0 Å². The largest absolute Gasteiger partial charge is 0.344 e. The first-order chi connectivity index (χ1) is 11.5. The molecule has 1 aliphatic heterocycles. The first-order valence-electron chi connectivity index (χ1n) is 7.60. The summed E-state index contributed by atoms with van der Waals surface area (Å²) in [5.41, 5.74) is 4.70. The summed E-state index contributed by atoms with van der Waals surface area (Å²) in [6.45, 7) is 1.91. The zero-order valence-electron chi connectivity index (χ0n) is 13.2. The molecule has 0 spiro atoms. The third-order valence-corrected chi connectivity index (χ3v) is 3.83. The number of amides is 4. The molecule has 2 aromatic carbocycles. The molecule has 0 aliphatic carbocycles. The summed E-state index contributed by atoms with van der Waals surface area (Å²) in [6.07, 6.45) is 0.377. The molecule has 2 N–H and O–H groups in total. The van der Waals surface area contributed by atoms with E-state index < -0.39 is 23.9 Å². The summed E-state index contributed by atoms with van der Waals surface area (Å²) in [6, 6.07) is 14.9. The molecule has 0 aromatic heterocycles. The van der Waals surface area contributed by atoms with Gasteiger partial charge >= 0.3 is 6.03 Å². The first kappa shape index (κ1) is 15.7. The Labute approximate surface area is 139 Å². The molecule has 3 rings (SSSR count). The van der Waals surface area contributed by atoms with Crippen LogP contribution in [0.25, 0.3) is 0 Å². The van der Waals surface area contributed by atoms with Crippen molar-refractivity contribution >= 4 is 17.8 Å². The number of hydrogen-bond acceptors (Lipinski definition) is 3. The number of hydrazine groups is 1. The van der Waals surface area contributed by atoms with E-state index in [1.807, 2.05) is 37.3 Å². The predicted octanol–water partition coefficient (Wildman–Crippen LogP) is 1.80. The minimum absolute atomic E-state index is 0.377. The quantitative estimate of drug-likeness (QED) is 0.842. The molecular weight excluding hydrogens is 306 g/mol. The van der Waals surface area contributed by atoms with Crippen LogP contribution >= 0.6 is 0 Å². The van der Waals surface area contributed by atoms with Gasteiger partial charge in [-0.1, -0.05) is 48.0 Å². The van der Waals surface area contributed by atoms with Crippen LogP contribution in [0.3, 0.4) is 0 Å². The van der Waals surface area contributed by atoms with Crippen molar-refractivity contribution in [2.75, 3.05) is 0 Å². The molecule has 2 aromatic rings. The maximum absolute atomic E-state index is 12.4. The van der Waals surface area contributed by atoms with Crippen LogP contribution in [-0.2, 0) is 11.2 Å². The monoisotopic (exact) mass is 323 g/mol. The zero-order valence-corrected chi connectivity index (χ0v) is 13.2. The number of nitrogens with zero attached hydrogens (tertiary/aromatic N) is 1. The highest BCUT2D eigenvalue weighted by Crippen LogP contribution is 2.11. The van der Waals surface area contributed by atoms with Crippen LogP contribution < -0.4 is 10.7 Å². The molecule has 6 heteroatoms. The van der Waals surface area contributed by atoms with E-state index in [0.29, 0.717) is 12.0 Å². The van der Waals surface area contributed by atoms with Crippen molar-refractivity contribution in [3.05, 3.63) is 71.3 Å². The minimum atomic E-state index is -0.682. The van der Waals surface area contributed by atoms with Gasteiger partial charge in [-0.3, -0.25) is 15.0 Å². The van der Waals surface area contributed by atoms with Gasteiger partial charge in [-0.15, -0.1) is 0 Å². The molecule has 4 amide bonds. The standard InChI is InChI=1S/C18H17N3O3/c1-12-7-9-14(10-8-12)16(22)20-21-17(23)15(19-18(21)24)11-13-5-3-2-4-6-13/h2-10,15H,11H2,1H3,(H,19,24)(H,20,22). The van der Waals surface area contributed by atoms with E-state index in [1.54, 1.807) is 24.3 Å². The Hall–Kier alpha value is -3.15. The van der Waals surface area contributed by atoms with Crippen molar-refractivity contribution in [2.45, 2.75) is 19.4 Å². The number of rotatable bonds is 4. The van der Waals surface area contributed by atoms with Crippen LogP contribution in [0, 0.1) is 6.92 Å². The Balaban J connectivity index is 1.68. The topological polar surface area (TPSA) is 78.5 Å². The molecule has 0 saturated carbocycles. The lowest BCUT2D eigenvalue weighted by atomic mass is 10.1. The summed E-state index contributed by atoms with van der Waals surface area (Å²) in [7, 11) is 0. The maximum atomic E-state index is 12.4. The molecule has 0 bridgehead atoms. The molecule has 24 heavy (non-hydrogen) atoms. The predicted molar refractivity (Wildman–Crippen MR) is 88.0 cm³/mol. The Kier molecular flexibility index (Phi) is 4.29. The summed E-state index contributed by atoms with van der Waals surface area (Å²) in [5.74, 6) is -0.969. The van der Waals surface area contributed by atoms with E-state index in [0.717, 1.165) is 16.1 Å². The van der Waals surface area contributed by atoms with Gasteiger partial charge < -0.3 is 5.32 Å². The van der Waals surface area contributed by atoms with Crippen molar-refractivity contribution in [2.24, 2.45) is 0 Å². The second kappa shape index (κ2) is 6.54. The average molecular weight is 323 g/mol. The van der Waals surface area contributed by atoms with Crippen molar-refractivity contribution in [3.8, 4) is 0 Å². The maximum Gasteiger partial charge on any atom is 0.344 e. The second-order valence-corrected chi connectivity index (χ2v) is 5.67. The Morgan fingerprint density at radius 3 is 2.42 bits per heavy atom. The number of carbonyl (C=O) groups is 3. The molecule has 122 valence electrons. The lowest BCUT2D eigenvalue weighted by Gasteiger charge is -2.14. The highest BCUT2D eigenvalue weighted by Gasteiger charge is 2.39. The average Bonchev–Trinajstić information content (AvgIpc) is 2.84. The number of urea groups is 1.